The van der Waals surface area contributed by atoms with Crippen molar-refractivity contribution < 1.29 is 5.11 Å². The molecular weight excluding hydrogens is 336 g/mol. The first-order chi connectivity index (χ1) is 13.3. The van der Waals surface area contributed by atoms with Gasteiger partial charge in [0.15, 0.2) is 0 Å². The Balaban J connectivity index is 1.47. The second-order valence-electron chi connectivity index (χ2n) is 7.38. The van der Waals surface area contributed by atoms with Crippen molar-refractivity contribution in [3.8, 4) is 0 Å². The van der Waals surface area contributed by atoms with Gasteiger partial charge in [-0.2, -0.15) is 0 Å². The highest BCUT2D eigenvalue weighted by molar-refractivity contribution is 5.68. The summed E-state index contributed by atoms with van der Waals surface area (Å²) >= 11 is 0. The molecule has 27 heavy (non-hydrogen) atoms. The molecule has 1 aromatic carbocycles. The molecule has 0 radical (unpaired) electrons. The van der Waals surface area contributed by atoms with Gasteiger partial charge < -0.3 is 14.9 Å². The monoisotopic (exact) mass is 364 g/mol. The number of aliphatic hydroxyl groups is 1. The molecule has 0 aliphatic carbocycles. The van der Waals surface area contributed by atoms with Crippen molar-refractivity contribution in [1.82, 2.24) is 9.97 Å². The van der Waals surface area contributed by atoms with Gasteiger partial charge >= 0.3 is 0 Å². The Morgan fingerprint density at radius 3 is 2.63 bits per heavy atom. The van der Waals surface area contributed by atoms with E-state index in [9.17, 15) is 5.11 Å². The number of hydrogen-bond acceptors (Lipinski definition) is 5. The fourth-order valence-corrected chi connectivity index (χ4v) is 4.09. The third-order valence-corrected chi connectivity index (χ3v) is 5.79. The summed E-state index contributed by atoms with van der Waals surface area (Å²) < 4.78 is 0. The van der Waals surface area contributed by atoms with Crippen molar-refractivity contribution in [3.05, 3.63) is 53.9 Å². The second-order valence-corrected chi connectivity index (χ2v) is 7.38. The molecule has 0 spiro atoms. The summed E-state index contributed by atoms with van der Waals surface area (Å²) in [6.07, 6.45) is 8.21. The molecule has 1 N–H and O–H groups in total. The lowest BCUT2D eigenvalue weighted by molar-refractivity contribution is 0.266. The van der Waals surface area contributed by atoms with Crippen LogP contribution >= 0.6 is 0 Å². The molecule has 1 unspecified atom stereocenters. The zero-order valence-electron chi connectivity index (χ0n) is 16.0. The van der Waals surface area contributed by atoms with Crippen LogP contribution in [0.15, 0.2) is 42.7 Å². The van der Waals surface area contributed by atoms with Gasteiger partial charge in [-0.15, -0.1) is 0 Å². The van der Waals surface area contributed by atoms with Gasteiger partial charge in [-0.1, -0.05) is 37.3 Å². The molecule has 5 nitrogen and oxygen atoms in total. The van der Waals surface area contributed by atoms with Crippen molar-refractivity contribution >= 4 is 17.2 Å². The van der Waals surface area contributed by atoms with Gasteiger partial charge in [-0.25, -0.2) is 9.97 Å². The molecular formula is C22H28N4O. The maximum Gasteiger partial charge on any atom is 0.134 e. The predicted molar refractivity (Wildman–Crippen MR) is 110 cm³/mol. The van der Waals surface area contributed by atoms with Gasteiger partial charge in [-0.05, 0) is 42.4 Å². The van der Waals surface area contributed by atoms with Gasteiger partial charge in [0, 0.05) is 25.7 Å². The Labute approximate surface area is 161 Å². The molecule has 142 valence electrons. The van der Waals surface area contributed by atoms with Crippen LogP contribution in [0.2, 0.25) is 0 Å². The first-order valence-electron chi connectivity index (χ1n) is 10.0. The summed E-state index contributed by atoms with van der Waals surface area (Å²) in [5.74, 6) is 1.90. The topological polar surface area (TPSA) is 52.5 Å². The molecule has 1 fully saturated rings. The maximum absolute atomic E-state index is 9.58. The minimum atomic E-state index is 0.186. The number of nitrogens with zero attached hydrogens (tertiary/aromatic N) is 4. The average molecular weight is 364 g/mol. The standard InChI is InChI=1S/C22H28N4O/c1-2-17-5-7-18(8-6-17)19-9-12-25(13-10-19)21-14-22(24-16-23-21)26-11-3-4-20(26)15-27/h5-9,14,16,20,27H,2-4,10-13,15H2,1H3. The molecule has 1 saturated heterocycles. The lowest BCUT2D eigenvalue weighted by Gasteiger charge is -2.29. The number of aryl methyl sites for hydroxylation is 1. The van der Waals surface area contributed by atoms with Crippen LogP contribution in [0.5, 0.6) is 0 Å². The smallest absolute Gasteiger partial charge is 0.134 e. The first kappa shape index (κ1) is 18.0. The zero-order valence-corrected chi connectivity index (χ0v) is 16.0. The van der Waals surface area contributed by atoms with Crippen LogP contribution in [0.3, 0.4) is 0 Å². The molecule has 2 aliphatic rings. The number of rotatable bonds is 5. The minimum Gasteiger partial charge on any atom is -0.394 e. The minimum absolute atomic E-state index is 0.186. The molecule has 0 amide bonds. The second kappa shape index (κ2) is 8.09. The molecule has 0 saturated carbocycles. The van der Waals surface area contributed by atoms with Crippen molar-refractivity contribution in [2.45, 2.75) is 38.6 Å². The molecule has 1 aromatic heterocycles. The van der Waals surface area contributed by atoms with Crippen LogP contribution in [-0.2, 0) is 6.42 Å². The van der Waals surface area contributed by atoms with Gasteiger partial charge in [0.05, 0.1) is 12.6 Å². The molecule has 0 bridgehead atoms. The highest BCUT2D eigenvalue weighted by Crippen LogP contribution is 2.28. The Morgan fingerprint density at radius 2 is 1.93 bits per heavy atom. The normalized spacial score (nSPS) is 20.1. The van der Waals surface area contributed by atoms with Gasteiger partial charge in [0.1, 0.15) is 18.0 Å². The predicted octanol–water partition coefficient (Wildman–Crippen LogP) is 3.29. The van der Waals surface area contributed by atoms with Crippen LogP contribution in [0.1, 0.15) is 37.3 Å². The lowest BCUT2D eigenvalue weighted by atomic mass is 9.98. The third kappa shape index (κ3) is 3.83. The summed E-state index contributed by atoms with van der Waals surface area (Å²) in [4.78, 5) is 13.5. The van der Waals surface area contributed by atoms with Crippen LogP contribution in [-0.4, -0.2) is 47.4 Å². The van der Waals surface area contributed by atoms with E-state index in [0.29, 0.717) is 0 Å². The molecule has 2 aromatic rings. The third-order valence-electron chi connectivity index (χ3n) is 5.79. The highest BCUT2D eigenvalue weighted by atomic mass is 16.3. The van der Waals surface area contributed by atoms with Crippen LogP contribution in [0, 0.1) is 0 Å². The van der Waals surface area contributed by atoms with Gasteiger partial charge in [0.2, 0.25) is 0 Å². The van der Waals surface area contributed by atoms with E-state index in [-0.39, 0.29) is 12.6 Å². The maximum atomic E-state index is 9.58. The first-order valence-corrected chi connectivity index (χ1v) is 10.0. The van der Waals surface area contributed by atoms with E-state index in [1.807, 2.05) is 0 Å². The summed E-state index contributed by atoms with van der Waals surface area (Å²) in [6.45, 7) is 5.16. The zero-order chi connectivity index (χ0) is 18.6. The van der Waals surface area contributed by atoms with E-state index < -0.39 is 0 Å². The fraction of sp³-hybridized carbons (Fsp3) is 0.455. The van der Waals surface area contributed by atoms with Gasteiger partial charge in [0.25, 0.3) is 0 Å². The van der Waals surface area contributed by atoms with Crippen LogP contribution < -0.4 is 9.80 Å². The molecule has 4 rings (SSSR count). The molecule has 2 aliphatic heterocycles. The van der Waals surface area contributed by atoms with Gasteiger partial charge in [-0.3, -0.25) is 0 Å². The molecule has 1 atom stereocenters. The van der Waals surface area contributed by atoms with Crippen LogP contribution in [0.4, 0.5) is 11.6 Å². The summed E-state index contributed by atoms with van der Waals surface area (Å²) in [5, 5.41) is 9.58. The largest absolute Gasteiger partial charge is 0.394 e. The Morgan fingerprint density at radius 1 is 1.11 bits per heavy atom. The van der Waals surface area contributed by atoms with Crippen molar-refractivity contribution in [2.75, 3.05) is 36.0 Å². The Kier molecular flexibility index (Phi) is 5.39. The van der Waals surface area contributed by atoms with E-state index in [1.54, 1.807) is 6.33 Å². The number of aliphatic hydroxyl groups excluding tert-OH is 1. The SMILES string of the molecule is CCc1ccc(C2=CCN(c3cc(N4CCCC4CO)ncn3)CC2)cc1. The summed E-state index contributed by atoms with van der Waals surface area (Å²) in [5.41, 5.74) is 4.13. The Hall–Kier alpha value is -2.40. The summed E-state index contributed by atoms with van der Waals surface area (Å²) in [7, 11) is 0. The number of hydrogen-bond donors (Lipinski definition) is 1. The number of benzene rings is 1. The van der Waals surface area contributed by atoms with Crippen LogP contribution in [0.25, 0.3) is 5.57 Å². The molecule has 3 heterocycles. The lowest BCUT2D eigenvalue weighted by Crippen LogP contribution is -2.33. The fourth-order valence-electron chi connectivity index (χ4n) is 4.09. The average Bonchev–Trinajstić information content (AvgIpc) is 3.23. The highest BCUT2D eigenvalue weighted by Gasteiger charge is 2.25. The van der Waals surface area contributed by atoms with E-state index in [2.05, 4.69) is 63.1 Å². The van der Waals surface area contributed by atoms with Crippen molar-refractivity contribution in [3.63, 3.8) is 0 Å². The van der Waals surface area contributed by atoms with E-state index in [1.165, 1.54) is 16.7 Å². The molecule has 5 heteroatoms. The van der Waals surface area contributed by atoms with Crippen molar-refractivity contribution in [2.24, 2.45) is 0 Å². The van der Waals surface area contributed by atoms with E-state index in [4.69, 9.17) is 0 Å². The van der Waals surface area contributed by atoms with Crippen molar-refractivity contribution in [1.29, 1.82) is 0 Å². The number of anilines is 2. The van der Waals surface area contributed by atoms with E-state index in [0.717, 1.165) is 57.0 Å². The number of aromatic nitrogens is 2. The quantitative estimate of drug-likeness (QED) is 0.882. The summed E-state index contributed by atoms with van der Waals surface area (Å²) in [6, 6.07) is 11.2. The van der Waals surface area contributed by atoms with E-state index >= 15 is 0 Å². The Bertz CT molecular complexity index is 802.